The second-order valence-corrected chi connectivity index (χ2v) is 5.90. The summed E-state index contributed by atoms with van der Waals surface area (Å²) in [5, 5.41) is 13.7. The molecule has 0 bridgehead atoms. The van der Waals surface area contributed by atoms with Crippen LogP contribution in [-0.4, -0.2) is 26.0 Å². The molecule has 0 fully saturated rings. The predicted molar refractivity (Wildman–Crippen MR) is 87.0 cm³/mol. The summed E-state index contributed by atoms with van der Waals surface area (Å²) in [4.78, 5) is 22.9. The van der Waals surface area contributed by atoms with E-state index in [9.17, 15) is 9.90 Å². The quantitative estimate of drug-likeness (QED) is 0.600. The molecule has 0 saturated carbocycles. The molecule has 0 radical (unpaired) electrons. The molecule has 0 amide bonds. The van der Waals surface area contributed by atoms with E-state index < -0.39 is 5.97 Å². The largest absolute Gasteiger partial charge is 0.477 e. The third kappa shape index (κ3) is 2.40. The number of carbonyl (C=O) groups is 1. The zero-order chi connectivity index (χ0) is 15.8. The highest BCUT2D eigenvalue weighted by atomic mass is 32.1. The Morgan fingerprint density at radius 1 is 1.30 bits per heavy atom. The van der Waals surface area contributed by atoms with Crippen LogP contribution in [0, 0.1) is 0 Å². The number of hydrogen-bond acceptors (Lipinski definition) is 5. The Labute approximate surface area is 134 Å². The molecule has 3 heterocycles. The molecule has 2 N–H and O–H groups in total. The van der Waals surface area contributed by atoms with Crippen LogP contribution in [0.5, 0.6) is 5.88 Å². The maximum absolute atomic E-state index is 11.3. The first-order valence-corrected chi connectivity index (χ1v) is 7.76. The van der Waals surface area contributed by atoms with Crippen LogP contribution in [0.25, 0.3) is 21.8 Å². The number of thiazole rings is 1. The average Bonchev–Trinajstić information content (AvgIpc) is 3.19. The average molecular weight is 325 g/mol. The number of nitrogens with one attached hydrogen (secondary N) is 1. The van der Waals surface area contributed by atoms with Crippen molar-refractivity contribution >= 4 is 39.1 Å². The van der Waals surface area contributed by atoms with E-state index >= 15 is 0 Å². The highest BCUT2D eigenvalue weighted by Gasteiger charge is 2.16. The lowest BCUT2D eigenvalue weighted by Crippen LogP contribution is -2.04. The van der Waals surface area contributed by atoms with Crippen molar-refractivity contribution in [2.75, 3.05) is 0 Å². The second kappa shape index (κ2) is 5.36. The van der Waals surface area contributed by atoms with Gasteiger partial charge in [0.1, 0.15) is 17.1 Å². The Balaban J connectivity index is 1.88. The molecule has 0 atom stereocenters. The molecular formula is C16H11N3O3S. The van der Waals surface area contributed by atoms with Crippen molar-refractivity contribution < 1.29 is 14.6 Å². The van der Waals surface area contributed by atoms with Gasteiger partial charge in [-0.15, -0.1) is 11.3 Å². The number of aromatic amines is 1. The number of ether oxygens (including phenoxy) is 1. The third-order valence-corrected chi connectivity index (χ3v) is 4.25. The van der Waals surface area contributed by atoms with Crippen LogP contribution in [0.2, 0.25) is 0 Å². The number of hydrogen-bond donors (Lipinski definition) is 2. The normalized spacial score (nSPS) is 11.1. The van der Waals surface area contributed by atoms with Gasteiger partial charge in [0.05, 0.1) is 0 Å². The Morgan fingerprint density at radius 2 is 2.17 bits per heavy atom. The number of carboxylic acid groups (broad SMARTS) is 1. The molecule has 23 heavy (non-hydrogen) atoms. The number of rotatable bonds is 4. The number of benzene rings is 1. The van der Waals surface area contributed by atoms with Crippen molar-refractivity contribution in [2.45, 2.75) is 6.61 Å². The molecule has 7 heteroatoms. The minimum Gasteiger partial charge on any atom is -0.477 e. The fraction of sp³-hybridized carbons (Fsp3) is 0.0625. The summed E-state index contributed by atoms with van der Waals surface area (Å²) in [7, 11) is 0. The zero-order valence-corrected chi connectivity index (χ0v) is 12.6. The van der Waals surface area contributed by atoms with Crippen molar-refractivity contribution in [3.63, 3.8) is 0 Å². The first-order chi connectivity index (χ1) is 11.2. The maximum atomic E-state index is 11.3. The lowest BCUT2D eigenvalue weighted by atomic mass is 10.1. The number of carboxylic acids is 1. The molecule has 0 unspecified atom stereocenters. The summed E-state index contributed by atoms with van der Waals surface area (Å²) >= 11 is 1.47. The molecular weight excluding hydrogens is 314 g/mol. The lowest BCUT2D eigenvalue weighted by molar-refractivity contribution is 0.0689. The molecule has 3 aromatic heterocycles. The van der Waals surface area contributed by atoms with E-state index in [1.807, 2.05) is 29.6 Å². The topological polar surface area (TPSA) is 88.1 Å². The van der Waals surface area contributed by atoms with Gasteiger partial charge < -0.3 is 14.8 Å². The molecule has 1 aromatic carbocycles. The highest BCUT2D eigenvalue weighted by molar-refractivity contribution is 7.09. The van der Waals surface area contributed by atoms with E-state index in [0.29, 0.717) is 5.52 Å². The van der Waals surface area contributed by atoms with E-state index in [0.717, 1.165) is 21.3 Å². The van der Waals surface area contributed by atoms with E-state index in [4.69, 9.17) is 4.74 Å². The molecule has 0 spiro atoms. The van der Waals surface area contributed by atoms with Crippen molar-refractivity contribution in [1.82, 2.24) is 15.0 Å². The minimum atomic E-state index is -1.09. The van der Waals surface area contributed by atoms with Gasteiger partial charge in [-0.1, -0.05) is 18.2 Å². The summed E-state index contributed by atoms with van der Waals surface area (Å²) in [6, 6.07) is 9.25. The lowest BCUT2D eigenvalue weighted by Gasteiger charge is -2.06. The van der Waals surface area contributed by atoms with Gasteiger partial charge >= 0.3 is 5.97 Å². The van der Waals surface area contributed by atoms with Crippen molar-refractivity contribution in [3.8, 4) is 5.88 Å². The Morgan fingerprint density at radius 3 is 2.96 bits per heavy atom. The third-order valence-electron chi connectivity index (χ3n) is 3.50. The SMILES string of the molecule is O=C(O)c1cc2c([nH]c3ccccc32)c(OCc2nccs2)n1. The van der Waals surface area contributed by atoms with Crippen LogP contribution < -0.4 is 4.74 Å². The molecule has 4 rings (SSSR count). The number of H-pyrrole nitrogens is 1. The number of nitrogens with zero attached hydrogens (tertiary/aromatic N) is 2. The summed E-state index contributed by atoms with van der Waals surface area (Å²) < 4.78 is 5.73. The van der Waals surface area contributed by atoms with Gasteiger partial charge in [-0.05, 0) is 12.1 Å². The molecule has 4 aromatic rings. The van der Waals surface area contributed by atoms with Crippen LogP contribution in [0.1, 0.15) is 15.5 Å². The Kier molecular flexibility index (Phi) is 3.20. The van der Waals surface area contributed by atoms with Crippen LogP contribution >= 0.6 is 11.3 Å². The van der Waals surface area contributed by atoms with Crippen molar-refractivity contribution in [3.05, 3.63) is 52.6 Å². The standard InChI is InChI=1S/C16H11N3O3S/c20-16(21)12-7-10-9-3-1-2-4-11(9)18-14(10)15(19-12)22-8-13-17-5-6-23-13/h1-7,18H,8H2,(H,20,21). The van der Waals surface area contributed by atoms with Crippen LogP contribution in [0.3, 0.4) is 0 Å². The van der Waals surface area contributed by atoms with E-state index in [1.165, 1.54) is 11.3 Å². The molecule has 114 valence electrons. The van der Waals surface area contributed by atoms with Gasteiger partial charge in [0.2, 0.25) is 5.88 Å². The van der Waals surface area contributed by atoms with Gasteiger partial charge in [0.15, 0.2) is 5.69 Å². The van der Waals surface area contributed by atoms with Crippen LogP contribution in [0.4, 0.5) is 0 Å². The van der Waals surface area contributed by atoms with Crippen LogP contribution in [0.15, 0.2) is 41.9 Å². The maximum Gasteiger partial charge on any atom is 0.354 e. The van der Waals surface area contributed by atoms with Gasteiger partial charge in [-0.2, -0.15) is 0 Å². The van der Waals surface area contributed by atoms with Crippen molar-refractivity contribution in [2.24, 2.45) is 0 Å². The molecule has 0 saturated heterocycles. The predicted octanol–water partition coefficient (Wildman–Crippen LogP) is 3.45. The Bertz CT molecular complexity index is 1010. The minimum absolute atomic E-state index is 0.0450. The summed E-state index contributed by atoms with van der Waals surface area (Å²) in [6.07, 6.45) is 1.70. The van der Waals surface area contributed by atoms with E-state index in [2.05, 4.69) is 15.0 Å². The number of pyridine rings is 1. The Hall–Kier alpha value is -2.93. The van der Waals surface area contributed by atoms with E-state index in [1.54, 1.807) is 12.3 Å². The zero-order valence-electron chi connectivity index (χ0n) is 11.8. The monoisotopic (exact) mass is 325 g/mol. The molecule has 0 aliphatic heterocycles. The van der Waals surface area contributed by atoms with Gasteiger partial charge in [0, 0.05) is 27.9 Å². The first kappa shape index (κ1) is 13.7. The fourth-order valence-electron chi connectivity index (χ4n) is 2.48. The highest BCUT2D eigenvalue weighted by Crippen LogP contribution is 2.31. The fourth-order valence-corrected chi connectivity index (χ4v) is 3.01. The molecule has 0 aliphatic rings. The molecule has 0 aliphatic carbocycles. The van der Waals surface area contributed by atoms with Gasteiger partial charge in [0.25, 0.3) is 0 Å². The first-order valence-electron chi connectivity index (χ1n) is 6.88. The van der Waals surface area contributed by atoms with Gasteiger partial charge in [-0.3, -0.25) is 0 Å². The number of para-hydroxylation sites is 1. The summed E-state index contributed by atoms with van der Waals surface area (Å²) in [5.41, 5.74) is 1.55. The number of aromatic carboxylic acids is 1. The second-order valence-electron chi connectivity index (χ2n) is 4.93. The van der Waals surface area contributed by atoms with E-state index in [-0.39, 0.29) is 18.2 Å². The smallest absolute Gasteiger partial charge is 0.354 e. The van der Waals surface area contributed by atoms with Gasteiger partial charge in [-0.25, -0.2) is 14.8 Å². The van der Waals surface area contributed by atoms with Crippen LogP contribution in [-0.2, 0) is 6.61 Å². The van der Waals surface area contributed by atoms with Crippen molar-refractivity contribution in [1.29, 1.82) is 0 Å². The summed E-state index contributed by atoms with van der Waals surface area (Å²) in [6.45, 7) is 0.248. The molecule has 6 nitrogen and oxygen atoms in total. The number of fused-ring (bicyclic) bond motifs is 3. The summed E-state index contributed by atoms with van der Waals surface area (Å²) in [5.74, 6) is -0.817. The number of aromatic nitrogens is 3.